The highest BCUT2D eigenvalue weighted by molar-refractivity contribution is 7.80. The third-order valence-corrected chi connectivity index (χ3v) is 4.26. The van der Waals surface area contributed by atoms with E-state index in [1.165, 1.54) is 32.1 Å². The normalized spacial score (nSPS) is 16.5. The Hall–Kier alpha value is -0.640. The molecule has 1 fully saturated rings. The molecule has 0 unspecified atom stereocenters. The van der Waals surface area contributed by atoms with E-state index < -0.39 is 0 Å². The quantitative estimate of drug-likeness (QED) is 0.832. The van der Waals surface area contributed by atoms with Crippen molar-refractivity contribution >= 4 is 28.8 Å². The average molecular weight is 298 g/mol. The Bertz CT molecular complexity index is 444. The zero-order valence-corrected chi connectivity index (χ0v) is 12.6. The van der Waals surface area contributed by atoms with Gasteiger partial charge in [-0.1, -0.05) is 55.2 Å². The van der Waals surface area contributed by atoms with Crippen molar-refractivity contribution in [2.75, 3.05) is 6.61 Å². The molecule has 0 spiro atoms. The first-order valence-corrected chi connectivity index (χ1v) is 7.61. The van der Waals surface area contributed by atoms with Crippen LogP contribution in [0, 0.1) is 5.92 Å². The van der Waals surface area contributed by atoms with Gasteiger partial charge in [0.1, 0.15) is 4.99 Å². The molecular formula is C15H20ClNOS. The summed E-state index contributed by atoms with van der Waals surface area (Å²) in [4.78, 5) is 0.372. The van der Waals surface area contributed by atoms with E-state index in [1.807, 2.05) is 18.2 Å². The lowest BCUT2D eigenvalue weighted by Gasteiger charge is -2.21. The van der Waals surface area contributed by atoms with Crippen LogP contribution < -0.4 is 5.73 Å². The first-order valence-electron chi connectivity index (χ1n) is 6.83. The van der Waals surface area contributed by atoms with Crippen LogP contribution in [0.3, 0.4) is 0 Å². The van der Waals surface area contributed by atoms with Crippen LogP contribution in [0.1, 0.15) is 43.2 Å². The third kappa shape index (κ3) is 4.44. The maximum Gasteiger partial charge on any atom is 0.104 e. The number of thiocarbonyl (C=S) groups is 1. The number of hydrogen-bond donors (Lipinski definition) is 1. The van der Waals surface area contributed by atoms with E-state index in [9.17, 15) is 0 Å². The standard InChI is InChI=1S/C15H20ClNOS/c16-14-8-12(15(17)19)6-7-13(14)10-18-9-11-4-2-1-3-5-11/h6-8,11H,1-5,9-10H2,(H2,17,19). The van der Waals surface area contributed by atoms with Gasteiger partial charge in [0, 0.05) is 17.2 Å². The van der Waals surface area contributed by atoms with Crippen LogP contribution in [0.2, 0.25) is 5.02 Å². The fourth-order valence-corrected chi connectivity index (χ4v) is 2.87. The lowest BCUT2D eigenvalue weighted by atomic mass is 9.90. The molecule has 0 aliphatic heterocycles. The smallest absolute Gasteiger partial charge is 0.104 e. The van der Waals surface area contributed by atoms with Crippen LogP contribution in [0.15, 0.2) is 18.2 Å². The van der Waals surface area contributed by atoms with E-state index in [2.05, 4.69) is 0 Å². The molecule has 0 radical (unpaired) electrons. The van der Waals surface area contributed by atoms with Gasteiger partial charge in [-0.15, -0.1) is 0 Å². The molecule has 1 aliphatic rings. The van der Waals surface area contributed by atoms with Crippen LogP contribution in [0.25, 0.3) is 0 Å². The maximum atomic E-state index is 6.20. The highest BCUT2D eigenvalue weighted by Crippen LogP contribution is 2.25. The molecule has 0 saturated heterocycles. The SMILES string of the molecule is NC(=S)c1ccc(COCC2CCCCC2)c(Cl)c1. The van der Waals surface area contributed by atoms with Crippen molar-refractivity contribution in [1.82, 2.24) is 0 Å². The van der Waals surface area contributed by atoms with Gasteiger partial charge in [0.15, 0.2) is 0 Å². The van der Waals surface area contributed by atoms with Gasteiger partial charge >= 0.3 is 0 Å². The van der Waals surface area contributed by atoms with E-state index in [4.69, 9.17) is 34.3 Å². The van der Waals surface area contributed by atoms with Gasteiger partial charge < -0.3 is 10.5 Å². The van der Waals surface area contributed by atoms with Crippen LogP contribution in [0.4, 0.5) is 0 Å². The van der Waals surface area contributed by atoms with Gasteiger partial charge in [-0.25, -0.2) is 0 Å². The van der Waals surface area contributed by atoms with E-state index in [1.54, 1.807) is 0 Å². The summed E-state index contributed by atoms with van der Waals surface area (Å²) in [7, 11) is 0. The molecule has 2 N–H and O–H groups in total. The Labute approximate surface area is 125 Å². The molecule has 0 atom stereocenters. The number of hydrogen-bond acceptors (Lipinski definition) is 2. The van der Waals surface area contributed by atoms with Gasteiger partial charge in [-0.05, 0) is 30.4 Å². The highest BCUT2D eigenvalue weighted by atomic mass is 35.5. The molecule has 1 aromatic rings. The predicted molar refractivity (Wildman–Crippen MR) is 83.6 cm³/mol. The summed E-state index contributed by atoms with van der Waals surface area (Å²) in [5.41, 5.74) is 7.37. The zero-order chi connectivity index (χ0) is 13.7. The molecule has 2 rings (SSSR count). The largest absolute Gasteiger partial charge is 0.389 e. The van der Waals surface area contributed by atoms with E-state index >= 15 is 0 Å². The molecule has 1 aromatic carbocycles. The summed E-state index contributed by atoms with van der Waals surface area (Å²) in [5.74, 6) is 0.725. The van der Waals surface area contributed by atoms with Crippen molar-refractivity contribution in [2.24, 2.45) is 11.7 Å². The summed E-state index contributed by atoms with van der Waals surface area (Å²) in [6.45, 7) is 1.40. The second-order valence-corrected chi connectivity index (χ2v) is 6.04. The third-order valence-electron chi connectivity index (χ3n) is 3.67. The minimum Gasteiger partial charge on any atom is -0.389 e. The fourth-order valence-electron chi connectivity index (χ4n) is 2.51. The van der Waals surface area contributed by atoms with E-state index in [0.29, 0.717) is 16.6 Å². The molecule has 1 saturated carbocycles. The summed E-state index contributed by atoms with van der Waals surface area (Å²) in [6.07, 6.45) is 6.67. The van der Waals surface area contributed by atoms with Gasteiger partial charge in [-0.3, -0.25) is 0 Å². The van der Waals surface area contributed by atoms with Crippen molar-refractivity contribution in [3.63, 3.8) is 0 Å². The van der Waals surface area contributed by atoms with Crippen LogP contribution in [-0.2, 0) is 11.3 Å². The number of benzene rings is 1. The van der Waals surface area contributed by atoms with Gasteiger partial charge in [-0.2, -0.15) is 0 Å². The van der Waals surface area contributed by atoms with Crippen molar-refractivity contribution in [3.8, 4) is 0 Å². The van der Waals surface area contributed by atoms with Crippen molar-refractivity contribution in [3.05, 3.63) is 34.3 Å². The van der Waals surface area contributed by atoms with Crippen LogP contribution in [0.5, 0.6) is 0 Å². The number of ether oxygens (including phenoxy) is 1. The molecule has 104 valence electrons. The minimum atomic E-state index is 0.372. The van der Waals surface area contributed by atoms with Crippen molar-refractivity contribution < 1.29 is 4.74 Å². The van der Waals surface area contributed by atoms with Gasteiger partial charge in [0.25, 0.3) is 0 Å². The Balaban J connectivity index is 1.83. The first kappa shape index (κ1) is 14.8. The summed E-state index contributed by atoms with van der Waals surface area (Å²) >= 11 is 11.1. The Kier molecular flexibility index (Phi) is 5.61. The zero-order valence-electron chi connectivity index (χ0n) is 11.0. The summed E-state index contributed by atoms with van der Waals surface area (Å²) in [5, 5.41) is 0.675. The fraction of sp³-hybridized carbons (Fsp3) is 0.533. The summed E-state index contributed by atoms with van der Waals surface area (Å²) in [6, 6.07) is 5.65. The van der Waals surface area contributed by atoms with E-state index in [-0.39, 0.29) is 0 Å². The molecular weight excluding hydrogens is 278 g/mol. The molecule has 2 nitrogen and oxygen atoms in total. The predicted octanol–water partition coefficient (Wildman–Crippen LogP) is 4.07. The number of rotatable bonds is 5. The Morgan fingerprint density at radius 3 is 2.68 bits per heavy atom. The van der Waals surface area contributed by atoms with Crippen LogP contribution >= 0.6 is 23.8 Å². The second kappa shape index (κ2) is 7.22. The summed E-state index contributed by atoms with van der Waals surface area (Å²) < 4.78 is 5.79. The molecule has 0 bridgehead atoms. The molecule has 0 amide bonds. The average Bonchev–Trinajstić information content (AvgIpc) is 2.41. The van der Waals surface area contributed by atoms with Gasteiger partial charge in [0.2, 0.25) is 0 Å². The topological polar surface area (TPSA) is 35.2 Å². The van der Waals surface area contributed by atoms with Gasteiger partial charge in [0.05, 0.1) is 6.61 Å². The van der Waals surface area contributed by atoms with Crippen molar-refractivity contribution in [2.45, 2.75) is 38.7 Å². The molecule has 19 heavy (non-hydrogen) atoms. The lowest BCUT2D eigenvalue weighted by molar-refractivity contribution is 0.0740. The van der Waals surface area contributed by atoms with Crippen LogP contribution in [-0.4, -0.2) is 11.6 Å². The number of halogens is 1. The number of nitrogens with two attached hydrogens (primary N) is 1. The molecule has 0 aromatic heterocycles. The molecule has 4 heteroatoms. The first-order chi connectivity index (χ1) is 9.16. The lowest BCUT2D eigenvalue weighted by Crippen LogP contribution is -2.13. The van der Waals surface area contributed by atoms with Crippen molar-refractivity contribution in [1.29, 1.82) is 0 Å². The Morgan fingerprint density at radius 2 is 2.05 bits per heavy atom. The second-order valence-electron chi connectivity index (χ2n) is 5.19. The minimum absolute atomic E-state index is 0.372. The Morgan fingerprint density at radius 1 is 1.32 bits per heavy atom. The molecule has 0 heterocycles. The monoisotopic (exact) mass is 297 g/mol. The maximum absolute atomic E-state index is 6.20. The van der Waals surface area contributed by atoms with E-state index in [0.717, 1.165) is 23.7 Å². The molecule has 1 aliphatic carbocycles. The highest BCUT2D eigenvalue weighted by Gasteiger charge is 2.13.